The normalized spacial score (nSPS) is 22.6. The fraction of sp³-hybridized carbons (Fsp3) is 0.511. The molecule has 8 atom stereocenters. The van der Waals surface area contributed by atoms with Gasteiger partial charge in [-0.2, -0.15) is 0 Å². The molecule has 8 N–H and O–H groups in total. The number of aromatic amines is 1. The van der Waals surface area contributed by atoms with Gasteiger partial charge in [0.15, 0.2) is 0 Å². The minimum atomic E-state index is -0.833. The van der Waals surface area contributed by atoms with Crippen LogP contribution in [0.25, 0.3) is 0 Å². The summed E-state index contributed by atoms with van der Waals surface area (Å²) in [5.74, 6) is -0.781. The van der Waals surface area contributed by atoms with E-state index in [1.165, 1.54) is 10.8 Å². The fourth-order valence-electron chi connectivity index (χ4n) is 8.29. The number of β-amino-alcohol motifs (C(OH)–C–C–N with tert-alkyl or cyclic N) is 1. The first-order chi connectivity index (χ1) is 31.0. The number of carbonyl (C=O) groups is 2. The first kappa shape index (κ1) is 55.2. The number of nitrogens with zero attached hydrogens (tertiary/aromatic N) is 4. The summed E-state index contributed by atoms with van der Waals surface area (Å²) in [6, 6.07) is 20.6. The Morgan fingerprint density at radius 3 is 2.33 bits per heavy atom. The van der Waals surface area contributed by atoms with Gasteiger partial charge >= 0.3 is 35.2 Å². The van der Waals surface area contributed by atoms with Gasteiger partial charge in [0, 0.05) is 82.2 Å². The van der Waals surface area contributed by atoms with Gasteiger partial charge in [0.05, 0.1) is 34.5 Å². The second-order valence-electron chi connectivity index (χ2n) is 17.7. The van der Waals surface area contributed by atoms with Crippen molar-refractivity contribution in [2.24, 2.45) is 5.92 Å². The largest absolute Gasteiger partial charge is 1.00 e. The van der Waals surface area contributed by atoms with E-state index in [0.717, 1.165) is 28.8 Å². The number of benzene rings is 2. The molecule has 2 aliphatic heterocycles. The Morgan fingerprint density at radius 1 is 1.00 bits per heavy atom. The SMILES string of the molecule is CC(C)(C)NC(=O)[C@@H]1CN(Cc2cccnc2)CCN1C[C@@H](O)C[C@@H](Cc1ccccc1)C(=O)N[C@H]1c2ccccc2C[C@H]1O.CCO.O=c1[nH]c(=O)n([C@H]2C[C@H](O)[C@@H](CO)O2)cc1I.[H-].[Na+]. The minimum absolute atomic E-state index is 0. The number of ether oxygens (including phenoxy) is 1. The number of rotatable bonds is 13. The van der Waals surface area contributed by atoms with E-state index in [-0.39, 0.29) is 75.4 Å². The molecule has 66 heavy (non-hydrogen) atoms. The van der Waals surface area contributed by atoms with Crippen LogP contribution in [0.4, 0.5) is 0 Å². The van der Waals surface area contributed by atoms with Crippen LogP contribution in [0.5, 0.6) is 0 Å². The van der Waals surface area contributed by atoms with Crippen LogP contribution >= 0.6 is 22.6 Å². The molecule has 0 unspecified atom stereocenters. The van der Waals surface area contributed by atoms with Gasteiger partial charge in [-0.05, 0) is 91.4 Å². The number of aliphatic hydroxyl groups excluding tert-OH is 5. The molecule has 4 heterocycles. The molecular formula is C47H65IN7NaO10. The number of hydrogen-bond donors (Lipinski definition) is 8. The number of halogens is 1. The van der Waals surface area contributed by atoms with Gasteiger partial charge in [-0.25, -0.2) is 4.79 Å². The van der Waals surface area contributed by atoms with Crippen LogP contribution in [0.3, 0.4) is 0 Å². The molecule has 7 rings (SSSR count). The Bertz CT molecular complexity index is 2260. The summed E-state index contributed by atoms with van der Waals surface area (Å²) in [5, 5.41) is 54.6. The molecule has 2 amide bonds. The number of amides is 2. The van der Waals surface area contributed by atoms with Gasteiger partial charge in [0.1, 0.15) is 18.4 Å². The molecular weight excluding hydrogens is 972 g/mol. The van der Waals surface area contributed by atoms with Gasteiger partial charge in [-0.1, -0.05) is 60.7 Å². The van der Waals surface area contributed by atoms with E-state index in [2.05, 4.69) is 30.4 Å². The van der Waals surface area contributed by atoms with Gasteiger partial charge < -0.3 is 42.3 Å². The average Bonchev–Trinajstić information content (AvgIpc) is 3.80. The second kappa shape index (κ2) is 26.4. The summed E-state index contributed by atoms with van der Waals surface area (Å²) in [6.45, 7) is 10.4. The third-order valence-electron chi connectivity index (χ3n) is 11.3. The molecule has 19 heteroatoms. The first-order valence-electron chi connectivity index (χ1n) is 22.0. The maximum atomic E-state index is 13.8. The Labute approximate surface area is 422 Å². The van der Waals surface area contributed by atoms with Crippen molar-refractivity contribution in [2.45, 2.75) is 108 Å². The maximum Gasteiger partial charge on any atom is 1.00 e. The van der Waals surface area contributed by atoms with Crippen LogP contribution in [-0.2, 0) is 33.7 Å². The summed E-state index contributed by atoms with van der Waals surface area (Å²) in [4.78, 5) is 60.8. The molecule has 0 radical (unpaired) electrons. The molecule has 0 saturated carbocycles. The number of nitrogens with one attached hydrogen (secondary N) is 3. The Balaban J connectivity index is 0.000000452. The number of hydrogen-bond acceptors (Lipinski definition) is 13. The monoisotopic (exact) mass is 1040 g/mol. The predicted molar refractivity (Wildman–Crippen MR) is 254 cm³/mol. The number of carbonyl (C=O) groups excluding carboxylic acids is 2. The number of piperazine rings is 1. The van der Waals surface area contributed by atoms with Crippen molar-refractivity contribution < 1.29 is 70.8 Å². The molecule has 4 aromatic rings. The van der Waals surface area contributed by atoms with Crippen molar-refractivity contribution in [3.05, 3.63) is 132 Å². The molecule has 356 valence electrons. The molecule has 0 spiro atoms. The topological polar surface area (TPSA) is 243 Å². The van der Waals surface area contributed by atoms with Crippen molar-refractivity contribution in [3.8, 4) is 0 Å². The van der Waals surface area contributed by atoms with E-state index in [4.69, 9.17) is 14.9 Å². The standard InChI is InChI=1S/C36H47N5O4.C9H11IN2O5.C2H6O.Na.H/c1-36(2,3)39-35(45)31-24-40(22-26-12-9-15-37-21-26)16-17-41(31)23-29(42)19-28(18-25-10-5-4-6-11-25)34(44)38-33-30-14-8-7-13-27(30)20-32(33)43;10-4-2-12(9(16)11-8(4)15)7-1-5(14)6(3-13)17-7;1-2-3;;/h4-15,21,28-29,31-33,42-43H,16-20,22-24H2,1-3H3,(H,38,44)(H,39,45);2,5-7,13-14H,1,3H2,(H,11,15,16);3H,2H2,1H3;;/q;;;+1;-1/t28-,29+,31+,32-,33+;5-,6+,7+;;;/m10.../s1. The van der Waals surface area contributed by atoms with Crippen molar-refractivity contribution in [2.75, 3.05) is 39.4 Å². The number of H-pyrrole nitrogens is 1. The van der Waals surface area contributed by atoms with E-state index < -0.39 is 65.4 Å². The van der Waals surface area contributed by atoms with Crippen LogP contribution in [0.1, 0.15) is 76.5 Å². The van der Waals surface area contributed by atoms with Crippen molar-refractivity contribution in [1.82, 2.24) is 35.0 Å². The smallest absolute Gasteiger partial charge is 1.00 e. The molecule has 2 saturated heterocycles. The molecule has 1 aliphatic carbocycles. The Hall–Kier alpha value is -3.38. The summed E-state index contributed by atoms with van der Waals surface area (Å²) in [6.07, 6.45) is 2.65. The second-order valence-corrected chi connectivity index (χ2v) is 18.8. The zero-order chi connectivity index (χ0) is 47.3. The van der Waals surface area contributed by atoms with Crippen LogP contribution in [0, 0.1) is 9.49 Å². The Kier molecular flexibility index (Phi) is 22.1. The molecule has 2 aromatic heterocycles. The van der Waals surface area contributed by atoms with Crippen molar-refractivity contribution in [1.29, 1.82) is 0 Å². The van der Waals surface area contributed by atoms with Gasteiger partial charge in [-0.3, -0.25) is 38.7 Å². The number of aromatic nitrogens is 3. The van der Waals surface area contributed by atoms with Crippen LogP contribution in [0.2, 0.25) is 0 Å². The van der Waals surface area contributed by atoms with E-state index in [1.807, 2.05) is 93.7 Å². The molecule has 2 aromatic carbocycles. The van der Waals surface area contributed by atoms with Gasteiger partial charge in [0.25, 0.3) is 5.56 Å². The summed E-state index contributed by atoms with van der Waals surface area (Å²) in [7, 11) is 0. The third-order valence-corrected chi connectivity index (χ3v) is 12.1. The van der Waals surface area contributed by atoms with Crippen LogP contribution in [0.15, 0.2) is 94.9 Å². The van der Waals surface area contributed by atoms with Crippen LogP contribution < -0.4 is 51.4 Å². The van der Waals surface area contributed by atoms with Gasteiger partial charge in [-0.15, -0.1) is 0 Å². The molecule has 0 bridgehead atoms. The average molecular weight is 1040 g/mol. The van der Waals surface area contributed by atoms with Crippen molar-refractivity contribution >= 4 is 34.4 Å². The van der Waals surface area contributed by atoms with Crippen molar-refractivity contribution in [3.63, 3.8) is 0 Å². The molecule has 3 aliphatic rings. The predicted octanol–water partition coefficient (Wildman–Crippen LogP) is -1.24. The number of fused-ring (bicyclic) bond motifs is 1. The zero-order valence-corrected chi connectivity index (χ0v) is 42.6. The maximum absolute atomic E-state index is 13.8. The Morgan fingerprint density at radius 2 is 1.68 bits per heavy atom. The van der Waals surface area contributed by atoms with E-state index >= 15 is 0 Å². The molecule has 17 nitrogen and oxygen atoms in total. The van der Waals surface area contributed by atoms with Gasteiger partial charge in [0.2, 0.25) is 11.8 Å². The van der Waals surface area contributed by atoms with Crippen LogP contribution in [-0.4, -0.2) is 137 Å². The fourth-order valence-corrected chi connectivity index (χ4v) is 8.72. The summed E-state index contributed by atoms with van der Waals surface area (Å²) < 4.78 is 6.89. The minimum Gasteiger partial charge on any atom is -1.00 e. The van der Waals surface area contributed by atoms with E-state index in [1.54, 1.807) is 35.7 Å². The summed E-state index contributed by atoms with van der Waals surface area (Å²) in [5.41, 5.74) is 2.63. The van der Waals surface area contributed by atoms with E-state index in [0.29, 0.717) is 36.0 Å². The summed E-state index contributed by atoms with van der Waals surface area (Å²) >= 11 is 1.80. The number of pyridine rings is 1. The quantitative estimate of drug-likeness (QED) is 0.0579. The third kappa shape index (κ3) is 16.1. The molecule has 2 fully saturated rings. The first-order valence-corrected chi connectivity index (χ1v) is 23.1. The number of aliphatic hydroxyl groups is 5. The zero-order valence-electron chi connectivity index (χ0n) is 39.4. The van der Waals surface area contributed by atoms with E-state index in [9.17, 15) is 34.5 Å².